The van der Waals surface area contributed by atoms with Crippen LogP contribution < -0.4 is 10.1 Å². The molecule has 1 amide bonds. The molecule has 1 atom stereocenters. The molecule has 1 unspecified atom stereocenters. The van der Waals surface area contributed by atoms with E-state index < -0.39 is 18.0 Å². The number of carbonyl (C=O) groups is 2. The first-order valence-electron chi connectivity index (χ1n) is 9.34. The summed E-state index contributed by atoms with van der Waals surface area (Å²) in [5.74, 6) is 1.77. The van der Waals surface area contributed by atoms with Crippen molar-refractivity contribution in [2.75, 3.05) is 23.4 Å². The maximum Gasteiger partial charge on any atom is 0.344 e. The first-order valence-corrected chi connectivity index (χ1v) is 12.2. The number of carbonyl (C=O) groups excluding carboxylic acids is 2. The van der Waals surface area contributed by atoms with Crippen LogP contribution in [0.5, 0.6) is 5.75 Å². The number of thioether (sulfide) groups is 2. The Morgan fingerprint density at radius 2 is 1.83 bits per heavy atom. The average Bonchev–Trinajstić information content (AvgIpc) is 2.75. The molecule has 1 N–H and O–H groups in total. The number of rotatable bonds is 7. The molecule has 0 aromatic heterocycles. The zero-order chi connectivity index (χ0) is 21.5. The van der Waals surface area contributed by atoms with Gasteiger partial charge in [0, 0.05) is 5.02 Å². The molecular weight excluding hydrogens is 465 g/mol. The van der Waals surface area contributed by atoms with E-state index in [1.54, 1.807) is 12.1 Å². The topological polar surface area (TPSA) is 64.6 Å². The van der Waals surface area contributed by atoms with Gasteiger partial charge >= 0.3 is 5.97 Å². The van der Waals surface area contributed by atoms with E-state index in [1.807, 2.05) is 47.8 Å². The van der Waals surface area contributed by atoms with E-state index in [9.17, 15) is 9.59 Å². The third-order valence-corrected chi connectivity index (χ3v) is 7.78. The van der Waals surface area contributed by atoms with Crippen molar-refractivity contribution < 1.29 is 19.1 Å². The number of ether oxygens (including phenoxy) is 2. The third-order valence-electron chi connectivity index (χ3n) is 4.20. The Kier molecular flexibility index (Phi) is 8.62. The van der Waals surface area contributed by atoms with E-state index in [2.05, 4.69) is 5.32 Å². The number of nitrogens with one attached hydrogen (secondary N) is 1. The second kappa shape index (κ2) is 11.2. The monoisotopic (exact) mass is 485 g/mol. The van der Waals surface area contributed by atoms with E-state index in [0.29, 0.717) is 26.1 Å². The second-order valence-corrected chi connectivity index (χ2v) is 10.1. The molecule has 1 aliphatic heterocycles. The van der Waals surface area contributed by atoms with Gasteiger partial charge in [-0.1, -0.05) is 35.3 Å². The molecule has 5 nitrogen and oxygen atoms in total. The van der Waals surface area contributed by atoms with Crippen molar-refractivity contribution in [2.24, 2.45) is 0 Å². The summed E-state index contributed by atoms with van der Waals surface area (Å²) in [6.45, 7) is 1.18. The van der Waals surface area contributed by atoms with Crippen LogP contribution in [0.25, 0.3) is 0 Å². The van der Waals surface area contributed by atoms with Crippen molar-refractivity contribution in [3.8, 4) is 5.75 Å². The highest BCUT2D eigenvalue weighted by atomic mass is 35.5. The van der Waals surface area contributed by atoms with Gasteiger partial charge in [0.1, 0.15) is 5.75 Å². The van der Waals surface area contributed by atoms with Gasteiger partial charge in [0.25, 0.3) is 5.91 Å². The van der Waals surface area contributed by atoms with E-state index >= 15 is 0 Å². The van der Waals surface area contributed by atoms with Gasteiger partial charge in [-0.05, 0) is 60.7 Å². The Morgan fingerprint density at radius 3 is 2.53 bits per heavy atom. The highest BCUT2D eigenvalue weighted by Crippen LogP contribution is 2.43. The normalized spacial score (nSPS) is 15.3. The van der Waals surface area contributed by atoms with Gasteiger partial charge in [-0.25, -0.2) is 4.79 Å². The lowest BCUT2D eigenvalue weighted by molar-refractivity contribution is -0.155. The summed E-state index contributed by atoms with van der Waals surface area (Å²) < 4.78 is 11.1. The van der Waals surface area contributed by atoms with Gasteiger partial charge in [0.2, 0.25) is 0 Å². The Hall–Kier alpha value is -1.54. The number of hydrogen-bond acceptors (Lipinski definition) is 6. The molecule has 0 spiro atoms. The highest BCUT2D eigenvalue weighted by molar-refractivity contribution is 8.16. The Morgan fingerprint density at radius 1 is 1.13 bits per heavy atom. The maximum absolute atomic E-state index is 12.2. The van der Waals surface area contributed by atoms with Gasteiger partial charge in [0.05, 0.1) is 15.3 Å². The minimum Gasteiger partial charge on any atom is -0.482 e. The first-order chi connectivity index (χ1) is 14.4. The predicted molar refractivity (Wildman–Crippen MR) is 125 cm³/mol. The fourth-order valence-electron chi connectivity index (χ4n) is 2.66. The minimum atomic E-state index is -1.01. The van der Waals surface area contributed by atoms with Gasteiger partial charge < -0.3 is 14.8 Å². The summed E-state index contributed by atoms with van der Waals surface area (Å²) in [7, 11) is 0. The van der Waals surface area contributed by atoms with E-state index in [0.717, 1.165) is 0 Å². The van der Waals surface area contributed by atoms with Crippen molar-refractivity contribution in [2.45, 2.75) is 24.0 Å². The van der Waals surface area contributed by atoms with Crippen LogP contribution in [-0.4, -0.2) is 36.1 Å². The zero-order valence-corrected chi connectivity index (χ0v) is 19.4. The summed E-state index contributed by atoms with van der Waals surface area (Å²) in [5, 5.41) is 3.36. The van der Waals surface area contributed by atoms with E-state index in [4.69, 9.17) is 32.7 Å². The fraction of sp³-hybridized carbons (Fsp3) is 0.333. The standard InChI is InChI=1S/C21H21Cl2NO4S2/c1-13(20(26)24-18-11-15(22)5-8-17(18)23)28-19(25)12-27-16-6-3-14(4-7-16)21-29-9-2-10-30-21/h3-8,11,13,21H,2,9-10,12H2,1H3,(H,24,26). The Labute approximate surface area is 194 Å². The van der Waals surface area contributed by atoms with Crippen molar-refractivity contribution in [1.82, 2.24) is 0 Å². The van der Waals surface area contributed by atoms with Gasteiger partial charge in [0.15, 0.2) is 12.7 Å². The van der Waals surface area contributed by atoms with Crippen molar-refractivity contribution in [3.05, 3.63) is 58.1 Å². The molecule has 1 fully saturated rings. The van der Waals surface area contributed by atoms with Crippen molar-refractivity contribution in [1.29, 1.82) is 0 Å². The number of hydrogen-bond donors (Lipinski definition) is 1. The molecule has 30 heavy (non-hydrogen) atoms. The lowest BCUT2D eigenvalue weighted by Gasteiger charge is -2.21. The van der Waals surface area contributed by atoms with Crippen molar-refractivity contribution >= 4 is 64.3 Å². The summed E-state index contributed by atoms with van der Waals surface area (Å²) in [6.07, 6.45) is 0.233. The van der Waals surface area contributed by atoms with Crippen LogP contribution in [0.2, 0.25) is 10.0 Å². The maximum atomic E-state index is 12.2. The SMILES string of the molecule is CC(OC(=O)COc1ccc(C2SCCCS2)cc1)C(=O)Nc1cc(Cl)ccc1Cl. The summed E-state index contributed by atoms with van der Waals surface area (Å²) in [4.78, 5) is 24.3. The summed E-state index contributed by atoms with van der Waals surface area (Å²) >= 11 is 15.8. The van der Waals surface area contributed by atoms with Crippen LogP contribution in [0.3, 0.4) is 0 Å². The minimum absolute atomic E-state index is 0.290. The van der Waals surface area contributed by atoms with Crippen LogP contribution >= 0.6 is 46.7 Å². The predicted octanol–water partition coefficient (Wildman–Crippen LogP) is 5.81. The number of esters is 1. The summed E-state index contributed by atoms with van der Waals surface area (Å²) in [5.41, 5.74) is 1.59. The van der Waals surface area contributed by atoms with Crippen LogP contribution in [-0.2, 0) is 14.3 Å². The van der Waals surface area contributed by atoms with Crippen LogP contribution in [0.4, 0.5) is 5.69 Å². The van der Waals surface area contributed by atoms with Crippen LogP contribution in [0.1, 0.15) is 23.5 Å². The fourth-order valence-corrected chi connectivity index (χ4v) is 5.89. The van der Waals surface area contributed by atoms with Crippen molar-refractivity contribution in [3.63, 3.8) is 0 Å². The highest BCUT2D eigenvalue weighted by Gasteiger charge is 2.20. The molecule has 0 aliphatic carbocycles. The molecule has 0 saturated carbocycles. The molecule has 0 bridgehead atoms. The molecule has 2 aromatic carbocycles. The quantitative estimate of drug-likeness (QED) is 0.499. The molecule has 2 aromatic rings. The lowest BCUT2D eigenvalue weighted by atomic mass is 10.2. The number of amides is 1. The number of anilines is 1. The summed E-state index contributed by atoms with van der Waals surface area (Å²) in [6, 6.07) is 12.4. The molecular formula is C21H21Cl2NO4S2. The molecule has 0 radical (unpaired) electrons. The van der Waals surface area contributed by atoms with E-state index in [1.165, 1.54) is 36.5 Å². The van der Waals surface area contributed by atoms with Crippen LogP contribution in [0, 0.1) is 0 Å². The van der Waals surface area contributed by atoms with Crippen LogP contribution in [0.15, 0.2) is 42.5 Å². The third kappa shape index (κ3) is 6.74. The number of halogens is 2. The van der Waals surface area contributed by atoms with Gasteiger partial charge in [-0.15, -0.1) is 23.5 Å². The Bertz CT molecular complexity index is 889. The second-order valence-electron chi connectivity index (χ2n) is 6.53. The lowest BCUT2D eigenvalue weighted by Crippen LogP contribution is -2.31. The average molecular weight is 486 g/mol. The first kappa shape index (κ1) is 23.1. The molecule has 1 aliphatic rings. The zero-order valence-electron chi connectivity index (χ0n) is 16.2. The smallest absolute Gasteiger partial charge is 0.344 e. The van der Waals surface area contributed by atoms with Gasteiger partial charge in [-0.2, -0.15) is 0 Å². The van der Waals surface area contributed by atoms with Gasteiger partial charge in [-0.3, -0.25) is 4.79 Å². The largest absolute Gasteiger partial charge is 0.482 e. The van der Waals surface area contributed by atoms with E-state index in [-0.39, 0.29) is 6.61 Å². The molecule has 1 heterocycles. The molecule has 1 saturated heterocycles. The number of benzene rings is 2. The molecule has 3 rings (SSSR count). The molecule has 9 heteroatoms. The Balaban J connectivity index is 1.45. The molecule has 160 valence electrons.